The Hall–Kier alpha value is -1.40. The molecular weight excluding hydrogens is 549 g/mol. The maximum absolute atomic E-state index is 6.10. The minimum absolute atomic E-state index is 0.572. The van der Waals surface area contributed by atoms with E-state index in [0.29, 0.717) is 19.8 Å². The first-order valence-electron chi connectivity index (χ1n) is 11.5. The second kappa shape index (κ2) is 11.3. The zero-order valence-corrected chi connectivity index (χ0v) is 24.8. The highest BCUT2D eigenvalue weighted by Gasteiger charge is 2.44. The highest BCUT2D eigenvalue weighted by atomic mass is 32.1. The van der Waals surface area contributed by atoms with Gasteiger partial charge in [-0.2, -0.15) is 0 Å². The minimum atomic E-state index is -2.87. The van der Waals surface area contributed by atoms with Gasteiger partial charge in [-0.1, -0.05) is 6.07 Å². The molecule has 0 fully saturated rings. The van der Waals surface area contributed by atoms with Crippen LogP contribution in [0.25, 0.3) is 39.0 Å². The van der Waals surface area contributed by atoms with Gasteiger partial charge in [0.25, 0.3) is 0 Å². The third-order valence-corrected chi connectivity index (χ3v) is 14.9. The van der Waals surface area contributed by atoms with Gasteiger partial charge in [0.2, 0.25) is 0 Å². The van der Waals surface area contributed by atoms with Gasteiger partial charge in [-0.25, -0.2) is 0 Å². The predicted molar refractivity (Wildman–Crippen MR) is 158 cm³/mol. The molecule has 0 amide bonds. The topological polar surface area (TPSA) is 27.7 Å². The van der Waals surface area contributed by atoms with Crippen LogP contribution in [0.5, 0.6) is 0 Å². The Balaban J connectivity index is 1.37. The fraction of sp³-hybridized carbons (Fsp3) is 0.231. The molecule has 0 aliphatic heterocycles. The molecule has 182 valence electrons. The Morgan fingerprint density at radius 2 is 0.914 bits per heavy atom. The van der Waals surface area contributed by atoms with Gasteiger partial charge in [-0.05, 0) is 80.7 Å². The molecule has 5 heterocycles. The molecule has 5 aromatic rings. The number of hydrogen-bond acceptors (Lipinski definition) is 8. The van der Waals surface area contributed by atoms with Crippen LogP contribution in [0.2, 0.25) is 0 Å². The van der Waals surface area contributed by atoms with Crippen molar-refractivity contribution in [2.75, 3.05) is 19.8 Å². The molecule has 0 radical (unpaired) electrons. The summed E-state index contributed by atoms with van der Waals surface area (Å²) in [5, 5.41) is 2.13. The molecule has 0 atom stereocenters. The lowest BCUT2D eigenvalue weighted by Gasteiger charge is -2.27. The van der Waals surface area contributed by atoms with E-state index in [1.165, 1.54) is 39.0 Å². The third-order valence-electron chi connectivity index (χ3n) is 5.22. The summed E-state index contributed by atoms with van der Waals surface area (Å²) in [5.41, 5.74) is 0. The Labute approximate surface area is 227 Å². The van der Waals surface area contributed by atoms with Crippen LogP contribution < -0.4 is 4.50 Å². The van der Waals surface area contributed by atoms with Gasteiger partial charge in [-0.3, -0.25) is 0 Å². The smallest absolute Gasteiger partial charge is 0.370 e. The van der Waals surface area contributed by atoms with Crippen molar-refractivity contribution in [3.63, 3.8) is 0 Å². The second-order valence-corrected chi connectivity index (χ2v) is 15.7. The average molecular weight is 575 g/mol. The van der Waals surface area contributed by atoms with Crippen molar-refractivity contribution in [3.05, 3.63) is 66.0 Å². The maximum Gasteiger partial charge on any atom is 0.547 e. The highest BCUT2D eigenvalue weighted by molar-refractivity contribution is 7.31. The van der Waals surface area contributed by atoms with E-state index in [-0.39, 0.29) is 0 Å². The second-order valence-electron chi connectivity index (χ2n) is 7.49. The van der Waals surface area contributed by atoms with E-state index in [4.69, 9.17) is 13.3 Å². The van der Waals surface area contributed by atoms with Gasteiger partial charge < -0.3 is 13.3 Å². The van der Waals surface area contributed by atoms with Crippen molar-refractivity contribution < 1.29 is 13.3 Å². The van der Waals surface area contributed by atoms with Crippen LogP contribution in [0.4, 0.5) is 0 Å². The van der Waals surface area contributed by atoms with Gasteiger partial charge >= 0.3 is 8.80 Å². The summed E-state index contributed by atoms with van der Waals surface area (Å²) in [4.78, 5) is 10.4. The van der Waals surface area contributed by atoms with Crippen LogP contribution in [0.15, 0.2) is 66.0 Å². The molecule has 0 saturated heterocycles. The molecule has 0 aromatic carbocycles. The van der Waals surface area contributed by atoms with Crippen LogP contribution in [-0.2, 0) is 13.3 Å². The Bertz CT molecular complexity index is 1340. The third kappa shape index (κ3) is 5.34. The fourth-order valence-electron chi connectivity index (χ4n) is 3.77. The summed E-state index contributed by atoms with van der Waals surface area (Å²) >= 11 is 9.08. The lowest BCUT2D eigenvalue weighted by molar-refractivity contribution is 0.0866. The van der Waals surface area contributed by atoms with E-state index in [2.05, 4.69) is 66.0 Å². The SMILES string of the molecule is CCO[Si](OCC)(OCC)c1ccc(-c2ccc(-c3ccc(-c4ccc(-c5cccs5)s4)s3)s2)s1. The zero-order chi connectivity index (χ0) is 24.3. The standard InChI is InChI=1S/C26H26O3S5Si/c1-4-27-35(28-5-2,29-6-3)26-16-15-25(34-26)24-14-13-23(33-24)22-12-11-21(32-22)20-10-9-19(31-20)18-8-7-17-30-18/h7-17H,4-6H2,1-3H3. The van der Waals surface area contributed by atoms with E-state index in [1.807, 2.05) is 54.8 Å². The molecule has 0 aliphatic rings. The zero-order valence-electron chi connectivity index (χ0n) is 19.7. The fourth-order valence-corrected chi connectivity index (χ4v) is 12.1. The summed E-state index contributed by atoms with van der Waals surface area (Å²) < 4.78 is 19.4. The summed E-state index contributed by atoms with van der Waals surface area (Å²) in [6.45, 7) is 7.70. The quantitative estimate of drug-likeness (QED) is 0.147. The molecule has 0 N–H and O–H groups in total. The normalized spacial score (nSPS) is 12.0. The van der Waals surface area contributed by atoms with Gasteiger partial charge in [-0.15, -0.1) is 56.7 Å². The first-order valence-corrected chi connectivity index (χ1v) is 17.4. The number of thiophene rings is 5. The molecule has 3 nitrogen and oxygen atoms in total. The molecule has 5 rings (SSSR count). The molecule has 9 heteroatoms. The molecular formula is C26H26O3S5Si. The van der Waals surface area contributed by atoms with Crippen LogP contribution in [0.3, 0.4) is 0 Å². The molecule has 0 spiro atoms. The van der Waals surface area contributed by atoms with Crippen molar-refractivity contribution in [2.45, 2.75) is 20.8 Å². The van der Waals surface area contributed by atoms with E-state index in [0.717, 1.165) is 4.50 Å². The summed E-state index contributed by atoms with van der Waals surface area (Å²) in [6.07, 6.45) is 0. The number of rotatable bonds is 11. The molecule has 0 aliphatic carbocycles. The van der Waals surface area contributed by atoms with Crippen LogP contribution >= 0.6 is 56.7 Å². The lowest BCUT2D eigenvalue weighted by atomic mass is 10.3. The van der Waals surface area contributed by atoms with Crippen molar-refractivity contribution >= 4 is 70.0 Å². The monoisotopic (exact) mass is 574 g/mol. The van der Waals surface area contributed by atoms with Crippen molar-refractivity contribution in [2.24, 2.45) is 0 Å². The Morgan fingerprint density at radius 1 is 0.514 bits per heavy atom. The Kier molecular flexibility index (Phi) is 8.17. The van der Waals surface area contributed by atoms with Crippen LogP contribution in [-0.4, -0.2) is 28.6 Å². The lowest BCUT2D eigenvalue weighted by Crippen LogP contribution is -2.55. The molecule has 5 aromatic heterocycles. The first-order chi connectivity index (χ1) is 17.2. The summed E-state index contributed by atoms with van der Waals surface area (Å²) in [6, 6.07) is 22.0. The molecule has 0 saturated carbocycles. The van der Waals surface area contributed by atoms with Crippen molar-refractivity contribution in [3.8, 4) is 39.0 Å². The number of hydrogen-bond donors (Lipinski definition) is 0. The molecule has 35 heavy (non-hydrogen) atoms. The van der Waals surface area contributed by atoms with E-state index in [1.54, 1.807) is 22.7 Å². The maximum atomic E-state index is 6.10. The molecule has 0 unspecified atom stereocenters. The first kappa shape index (κ1) is 25.3. The van der Waals surface area contributed by atoms with Crippen LogP contribution in [0.1, 0.15) is 20.8 Å². The average Bonchev–Trinajstić information content (AvgIpc) is 3.69. The van der Waals surface area contributed by atoms with E-state index < -0.39 is 8.80 Å². The molecule has 0 bridgehead atoms. The van der Waals surface area contributed by atoms with E-state index >= 15 is 0 Å². The largest absolute Gasteiger partial charge is 0.547 e. The summed E-state index contributed by atoms with van der Waals surface area (Å²) in [7, 11) is -2.87. The van der Waals surface area contributed by atoms with Crippen molar-refractivity contribution in [1.29, 1.82) is 0 Å². The minimum Gasteiger partial charge on any atom is -0.370 e. The van der Waals surface area contributed by atoms with E-state index in [9.17, 15) is 0 Å². The van der Waals surface area contributed by atoms with Crippen molar-refractivity contribution in [1.82, 2.24) is 0 Å². The van der Waals surface area contributed by atoms with Crippen LogP contribution in [0, 0.1) is 0 Å². The highest BCUT2D eigenvalue weighted by Crippen LogP contribution is 2.44. The van der Waals surface area contributed by atoms with Gasteiger partial charge in [0, 0.05) is 58.8 Å². The predicted octanol–water partition coefficient (Wildman–Crippen LogP) is 8.92. The summed E-state index contributed by atoms with van der Waals surface area (Å²) in [5.74, 6) is 0. The van der Waals surface area contributed by atoms with Gasteiger partial charge in [0.05, 0.1) is 4.50 Å². The Morgan fingerprint density at radius 3 is 1.31 bits per heavy atom. The van der Waals surface area contributed by atoms with Gasteiger partial charge in [0.15, 0.2) is 0 Å². The van der Waals surface area contributed by atoms with Gasteiger partial charge in [0.1, 0.15) is 0 Å².